The zero-order valence-corrected chi connectivity index (χ0v) is 16.1. The molecule has 2 rings (SSSR count). The van der Waals surface area contributed by atoms with Crippen molar-refractivity contribution < 1.29 is 19.1 Å². The molecule has 7 nitrogen and oxygen atoms in total. The van der Waals surface area contributed by atoms with Crippen molar-refractivity contribution in [2.75, 3.05) is 5.01 Å². The van der Waals surface area contributed by atoms with Gasteiger partial charge in [0.2, 0.25) is 0 Å². The molecule has 25 heavy (non-hydrogen) atoms. The van der Waals surface area contributed by atoms with E-state index >= 15 is 0 Å². The lowest BCUT2D eigenvalue weighted by molar-refractivity contribution is 0.0425. The van der Waals surface area contributed by atoms with Crippen LogP contribution in [0.15, 0.2) is 23.7 Å². The average molecular weight is 365 g/mol. The third-order valence-corrected chi connectivity index (χ3v) is 3.54. The molecule has 0 aliphatic rings. The van der Waals surface area contributed by atoms with E-state index in [4.69, 9.17) is 9.47 Å². The van der Waals surface area contributed by atoms with E-state index in [9.17, 15) is 9.59 Å². The molecule has 1 aromatic heterocycles. The molecule has 0 aliphatic carbocycles. The first kappa shape index (κ1) is 19.0. The number of thiazole rings is 1. The van der Waals surface area contributed by atoms with Gasteiger partial charge in [-0.3, -0.25) is 0 Å². The van der Waals surface area contributed by atoms with Crippen molar-refractivity contribution in [3.05, 3.63) is 23.7 Å². The molecule has 0 atom stereocenters. The molecule has 1 heterocycles. The Kier molecular flexibility index (Phi) is 5.22. The topological polar surface area (TPSA) is 80.8 Å². The van der Waals surface area contributed by atoms with E-state index in [0.29, 0.717) is 5.69 Å². The smallest absolute Gasteiger partial charge is 0.434 e. The second-order valence-electron chi connectivity index (χ2n) is 7.43. The van der Waals surface area contributed by atoms with Gasteiger partial charge >= 0.3 is 12.2 Å². The number of carbonyl (C=O) groups is 2. The highest BCUT2D eigenvalue weighted by Crippen LogP contribution is 2.25. The van der Waals surface area contributed by atoms with Crippen LogP contribution in [0.4, 0.5) is 15.3 Å². The van der Waals surface area contributed by atoms with Crippen LogP contribution in [0.3, 0.4) is 0 Å². The zero-order chi connectivity index (χ0) is 18.8. The normalized spacial score (nSPS) is 11.9. The highest BCUT2D eigenvalue weighted by atomic mass is 32.1. The molecule has 0 unspecified atom stereocenters. The molecule has 1 aromatic carbocycles. The molecule has 1 N–H and O–H groups in total. The summed E-state index contributed by atoms with van der Waals surface area (Å²) in [5, 5.41) is 1.04. The summed E-state index contributed by atoms with van der Waals surface area (Å²) >= 11 is 1.44. The van der Waals surface area contributed by atoms with Crippen molar-refractivity contribution in [2.24, 2.45) is 0 Å². The van der Waals surface area contributed by atoms with Crippen LogP contribution >= 0.6 is 11.3 Å². The fourth-order valence-electron chi connectivity index (χ4n) is 1.90. The third kappa shape index (κ3) is 5.60. The molecule has 0 saturated carbocycles. The Hall–Kier alpha value is -2.35. The fourth-order valence-corrected chi connectivity index (χ4v) is 2.61. The minimum atomic E-state index is -0.747. The highest BCUT2D eigenvalue weighted by Gasteiger charge is 2.27. The van der Waals surface area contributed by atoms with Crippen LogP contribution in [0.2, 0.25) is 0 Å². The van der Waals surface area contributed by atoms with Gasteiger partial charge in [0, 0.05) is 0 Å². The van der Waals surface area contributed by atoms with Crippen molar-refractivity contribution in [3.63, 3.8) is 0 Å². The number of carbonyl (C=O) groups excluding carboxylic acids is 2. The van der Waals surface area contributed by atoms with Crippen molar-refractivity contribution in [1.82, 2.24) is 10.4 Å². The van der Waals surface area contributed by atoms with E-state index in [-0.39, 0.29) is 0 Å². The predicted octanol–water partition coefficient (Wildman–Crippen LogP) is 4.48. The second-order valence-corrected chi connectivity index (χ2v) is 8.32. The molecular formula is C17H23N3O4S. The fraction of sp³-hybridized carbons (Fsp3) is 0.471. The minimum Gasteiger partial charge on any atom is -0.443 e. The number of anilines is 1. The Labute approximate surface area is 150 Å². The van der Waals surface area contributed by atoms with Crippen LogP contribution in [-0.2, 0) is 9.47 Å². The quantitative estimate of drug-likeness (QED) is 0.754. The molecule has 2 amide bonds. The van der Waals surface area contributed by atoms with Gasteiger partial charge in [-0.2, -0.15) is 5.01 Å². The molecular weight excluding hydrogens is 342 g/mol. The lowest BCUT2D eigenvalue weighted by atomic mass is 10.2. The number of aromatic nitrogens is 1. The van der Waals surface area contributed by atoms with E-state index < -0.39 is 23.4 Å². The molecule has 8 heteroatoms. The van der Waals surface area contributed by atoms with E-state index in [1.807, 2.05) is 0 Å². The highest BCUT2D eigenvalue weighted by molar-refractivity contribution is 7.16. The Morgan fingerprint density at radius 2 is 1.72 bits per heavy atom. The zero-order valence-electron chi connectivity index (χ0n) is 15.2. The Morgan fingerprint density at radius 3 is 2.32 bits per heavy atom. The number of amides is 2. The average Bonchev–Trinajstić information content (AvgIpc) is 2.88. The predicted molar refractivity (Wildman–Crippen MR) is 97.7 cm³/mol. The first-order valence-electron chi connectivity index (χ1n) is 7.81. The molecule has 0 fully saturated rings. The molecule has 2 aromatic rings. The standard InChI is InChI=1S/C17H23N3O4S/c1-16(2,3)23-14(21)19-20(15(22)24-17(4,5)6)11-7-8-12-13(9-11)25-10-18-12/h7-10H,1-6H3,(H,19,21). The Balaban J connectivity index is 2.30. The second kappa shape index (κ2) is 6.87. The van der Waals surface area contributed by atoms with Crippen LogP contribution in [0.25, 0.3) is 10.2 Å². The maximum atomic E-state index is 12.6. The number of benzene rings is 1. The lowest BCUT2D eigenvalue weighted by Gasteiger charge is -2.28. The van der Waals surface area contributed by atoms with Gasteiger partial charge in [-0.1, -0.05) is 0 Å². The van der Waals surface area contributed by atoms with Gasteiger partial charge in [0.05, 0.1) is 21.4 Å². The first-order valence-corrected chi connectivity index (χ1v) is 8.68. The summed E-state index contributed by atoms with van der Waals surface area (Å²) in [6, 6.07) is 5.22. The van der Waals surface area contributed by atoms with Crippen molar-refractivity contribution in [2.45, 2.75) is 52.7 Å². The summed E-state index contributed by atoms with van der Waals surface area (Å²) in [4.78, 5) is 28.9. The molecule has 0 spiro atoms. The minimum absolute atomic E-state index is 0.455. The molecule has 0 radical (unpaired) electrons. The number of hydrogen-bond acceptors (Lipinski definition) is 6. The molecule has 0 saturated heterocycles. The number of nitrogens with one attached hydrogen (secondary N) is 1. The number of fused-ring (bicyclic) bond motifs is 1. The van der Waals surface area contributed by atoms with Gasteiger partial charge in [0.1, 0.15) is 11.2 Å². The molecule has 0 aliphatic heterocycles. The largest absolute Gasteiger partial charge is 0.443 e. The summed E-state index contributed by atoms with van der Waals surface area (Å²) in [5.74, 6) is 0. The van der Waals surface area contributed by atoms with Gasteiger partial charge in [-0.15, -0.1) is 11.3 Å². The van der Waals surface area contributed by atoms with Gasteiger partial charge < -0.3 is 9.47 Å². The number of rotatable bonds is 1. The number of nitrogens with zero attached hydrogens (tertiary/aromatic N) is 2. The summed E-state index contributed by atoms with van der Waals surface area (Å²) in [6.07, 6.45) is -1.45. The van der Waals surface area contributed by atoms with E-state index in [1.165, 1.54) is 11.3 Å². The molecule has 136 valence electrons. The lowest BCUT2D eigenvalue weighted by Crippen LogP contribution is -2.50. The van der Waals surface area contributed by atoms with E-state index in [1.54, 1.807) is 65.3 Å². The first-order chi connectivity index (χ1) is 11.4. The maximum absolute atomic E-state index is 12.6. The maximum Gasteiger partial charge on any atom is 0.434 e. The van der Waals surface area contributed by atoms with Gasteiger partial charge in [-0.05, 0) is 59.7 Å². The number of hydrogen-bond donors (Lipinski definition) is 1. The van der Waals surface area contributed by atoms with Crippen molar-refractivity contribution in [3.8, 4) is 0 Å². The number of hydrazine groups is 1. The summed E-state index contributed by atoms with van der Waals surface area (Å²) in [7, 11) is 0. The summed E-state index contributed by atoms with van der Waals surface area (Å²) in [5.41, 5.74) is 4.04. The van der Waals surface area contributed by atoms with Crippen LogP contribution in [0.5, 0.6) is 0 Å². The van der Waals surface area contributed by atoms with Gasteiger partial charge in [0.15, 0.2) is 0 Å². The van der Waals surface area contributed by atoms with Crippen LogP contribution in [0.1, 0.15) is 41.5 Å². The van der Waals surface area contributed by atoms with Crippen LogP contribution < -0.4 is 10.4 Å². The van der Waals surface area contributed by atoms with E-state index in [0.717, 1.165) is 15.2 Å². The number of ether oxygens (including phenoxy) is 2. The Bertz CT molecular complexity index is 774. The van der Waals surface area contributed by atoms with Gasteiger partial charge in [-0.25, -0.2) is 20.0 Å². The van der Waals surface area contributed by atoms with Crippen LogP contribution in [-0.4, -0.2) is 28.4 Å². The van der Waals surface area contributed by atoms with Crippen molar-refractivity contribution >= 4 is 39.4 Å². The Morgan fingerprint density at radius 1 is 1.08 bits per heavy atom. The molecule has 0 bridgehead atoms. The summed E-state index contributed by atoms with van der Waals surface area (Å²) in [6.45, 7) is 10.5. The van der Waals surface area contributed by atoms with Crippen molar-refractivity contribution in [1.29, 1.82) is 0 Å². The van der Waals surface area contributed by atoms with Crippen LogP contribution in [0, 0.1) is 0 Å². The van der Waals surface area contributed by atoms with Gasteiger partial charge in [0.25, 0.3) is 0 Å². The monoisotopic (exact) mass is 365 g/mol. The SMILES string of the molecule is CC(C)(C)OC(=O)NN(C(=O)OC(C)(C)C)c1ccc2ncsc2c1. The summed E-state index contributed by atoms with van der Waals surface area (Å²) < 4.78 is 11.5. The van der Waals surface area contributed by atoms with E-state index in [2.05, 4.69) is 10.4 Å². The third-order valence-electron chi connectivity index (χ3n) is 2.75.